The quantitative estimate of drug-likeness (QED) is 0.506. The zero-order valence-corrected chi connectivity index (χ0v) is 8.70. The molecule has 0 aliphatic heterocycles. The molecule has 0 saturated heterocycles. The van der Waals surface area contributed by atoms with E-state index >= 15 is 0 Å². The Balaban J connectivity index is 3.05. The van der Waals surface area contributed by atoms with E-state index < -0.39 is 0 Å². The molecule has 72 valence electrons. The smallest absolute Gasteiger partial charge is 0.0287 e. The van der Waals surface area contributed by atoms with Crippen molar-refractivity contribution in [1.29, 1.82) is 0 Å². The van der Waals surface area contributed by atoms with Crippen LogP contribution in [0.2, 0.25) is 0 Å². The lowest BCUT2D eigenvalue weighted by molar-refractivity contribution is 1.45. The van der Waals surface area contributed by atoms with E-state index in [1.165, 1.54) is 11.1 Å². The third kappa shape index (κ3) is 2.70. The van der Waals surface area contributed by atoms with Gasteiger partial charge < -0.3 is 0 Å². The van der Waals surface area contributed by atoms with Gasteiger partial charge in [0.1, 0.15) is 0 Å². The van der Waals surface area contributed by atoms with Crippen molar-refractivity contribution in [2.45, 2.75) is 6.92 Å². The summed E-state index contributed by atoms with van der Waals surface area (Å²) < 4.78 is 0. The van der Waals surface area contributed by atoms with Gasteiger partial charge in [0.2, 0.25) is 0 Å². The second-order valence-corrected chi connectivity index (χ2v) is 3.11. The van der Waals surface area contributed by atoms with Crippen LogP contribution in [0.5, 0.6) is 0 Å². The van der Waals surface area contributed by atoms with Gasteiger partial charge in [0, 0.05) is 13.3 Å². The van der Waals surface area contributed by atoms with Crippen molar-refractivity contribution in [3.8, 4) is 0 Å². The van der Waals surface area contributed by atoms with E-state index in [1.54, 1.807) is 13.1 Å². The minimum Gasteiger partial charge on any atom is -0.296 e. The molecular weight excluding hydrogens is 170 g/mol. The molecule has 1 rings (SSSR count). The average Bonchev–Trinajstić information content (AvgIpc) is 2.19. The van der Waals surface area contributed by atoms with Crippen LogP contribution < -0.4 is 0 Å². The molecule has 0 atom stereocenters. The highest BCUT2D eigenvalue weighted by Crippen LogP contribution is 2.13. The molecule has 0 radical (unpaired) electrons. The van der Waals surface area contributed by atoms with Crippen LogP contribution in [0.15, 0.2) is 48.0 Å². The molecule has 0 heterocycles. The Morgan fingerprint density at radius 3 is 2.43 bits per heavy atom. The molecule has 0 aromatic heterocycles. The summed E-state index contributed by atoms with van der Waals surface area (Å²) in [6, 6.07) is 8.37. The van der Waals surface area contributed by atoms with Crippen LogP contribution >= 0.6 is 0 Å². The number of hydrogen-bond acceptors (Lipinski definition) is 1. The van der Waals surface area contributed by atoms with Crippen LogP contribution in [0.1, 0.15) is 11.1 Å². The van der Waals surface area contributed by atoms with Gasteiger partial charge >= 0.3 is 0 Å². The fourth-order valence-electron chi connectivity index (χ4n) is 1.23. The van der Waals surface area contributed by atoms with E-state index in [9.17, 15) is 0 Å². The number of aliphatic imine (C=N–C) groups is 1. The number of rotatable bonds is 3. The number of allylic oxidation sites excluding steroid dienone is 3. The van der Waals surface area contributed by atoms with Gasteiger partial charge in [0.05, 0.1) is 0 Å². The van der Waals surface area contributed by atoms with E-state index in [1.807, 2.05) is 12.3 Å². The fraction of sp³-hybridized carbons (Fsp3) is 0.154. The summed E-state index contributed by atoms with van der Waals surface area (Å²) in [5.41, 5.74) is 3.52. The molecule has 0 unspecified atom stereocenters. The Morgan fingerprint density at radius 2 is 1.93 bits per heavy atom. The number of nitrogens with zero attached hydrogens (tertiary/aromatic N) is 1. The Bertz CT molecular complexity index is 355. The Kier molecular flexibility index (Phi) is 3.86. The largest absolute Gasteiger partial charge is 0.296 e. The van der Waals surface area contributed by atoms with Crippen LogP contribution in [0.25, 0.3) is 5.57 Å². The monoisotopic (exact) mass is 185 g/mol. The maximum absolute atomic E-state index is 4.01. The van der Waals surface area contributed by atoms with Crippen LogP contribution in [-0.4, -0.2) is 13.3 Å². The van der Waals surface area contributed by atoms with Crippen LogP contribution in [0.4, 0.5) is 0 Å². The first-order valence-corrected chi connectivity index (χ1v) is 4.60. The van der Waals surface area contributed by atoms with Gasteiger partial charge in [-0.05, 0) is 18.1 Å². The fourth-order valence-corrected chi connectivity index (χ4v) is 1.23. The summed E-state index contributed by atoms with van der Waals surface area (Å²) in [4.78, 5) is 4.01. The topological polar surface area (TPSA) is 12.4 Å². The first kappa shape index (κ1) is 10.5. The Hall–Kier alpha value is -1.63. The molecule has 0 aliphatic carbocycles. The van der Waals surface area contributed by atoms with Gasteiger partial charge in [0.25, 0.3) is 0 Å². The summed E-state index contributed by atoms with van der Waals surface area (Å²) >= 11 is 0. The maximum atomic E-state index is 4.01. The summed E-state index contributed by atoms with van der Waals surface area (Å²) in [6.45, 7) is 5.77. The molecule has 1 aromatic carbocycles. The predicted molar refractivity (Wildman–Crippen MR) is 63.8 cm³/mol. The van der Waals surface area contributed by atoms with Crippen LogP contribution in [0, 0.1) is 6.92 Å². The van der Waals surface area contributed by atoms with Crippen LogP contribution in [0.3, 0.4) is 0 Å². The molecule has 14 heavy (non-hydrogen) atoms. The van der Waals surface area contributed by atoms with Crippen molar-refractivity contribution >= 4 is 11.8 Å². The summed E-state index contributed by atoms with van der Waals surface area (Å²) in [6.07, 6.45) is 5.57. The second-order valence-electron chi connectivity index (χ2n) is 3.11. The van der Waals surface area contributed by atoms with E-state index in [-0.39, 0.29) is 0 Å². The van der Waals surface area contributed by atoms with Crippen molar-refractivity contribution in [3.05, 3.63) is 54.1 Å². The molecule has 0 spiro atoms. The normalized spacial score (nSPS) is 12.0. The van der Waals surface area contributed by atoms with Crippen molar-refractivity contribution in [1.82, 2.24) is 0 Å². The molecule has 1 nitrogen and oxygen atoms in total. The van der Waals surface area contributed by atoms with Gasteiger partial charge in [-0.1, -0.05) is 48.6 Å². The van der Waals surface area contributed by atoms with E-state index in [0.29, 0.717) is 0 Å². The first-order chi connectivity index (χ1) is 6.77. The van der Waals surface area contributed by atoms with Crippen LogP contribution in [-0.2, 0) is 0 Å². The lowest BCUT2D eigenvalue weighted by atomic mass is 10.1. The van der Waals surface area contributed by atoms with E-state index in [2.05, 4.69) is 42.8 Å². The first-order valence-electron chi connectivity index (χ1n) is 4.60. The third-order valence-electron chi connectivity index (χ3n) is 1.95. The minimum atomic E-state index is 1.09. The molecule has 0 aliphatic rings. The number of benzene rings is 1. The van der Waals surface area contributed by atoms with Crippen molar-refractivity contribution in [3.63, 3.8) is 0 Å². The predicted octanol–water partition coefficient (Wildman–Crippen LogP) is 3.27. The van der Waals surface area contributed by atoms with Gasteiger partial charge in [0.15, 0.2) is 0 Å². The SMILES string of the molecule is C=C/C=C(\C=NC)c1ccc(C)cc1. The number of aryl methyl sites for hydroxylation is 1. The van der Waals surface area contributed by atoms with Gasteiger partial charge in [-0.3, -0.25) is 4.99 Å². The number of hydrogen-bond donors (Lipinski definition) is 0. The van der Waals surface area contributed by atoms with Crippen molar-refractivity contribution < 1.29 is 0 Å². The standard InChI is InChI=1S/C13H15N/c1-4-5-13(10-14-3)12-8-6-11(2)7-9-12/h4-10H,1H2,2-3H3/b13-5+,14-10?. The molecule has 0 amide bonds. The highest BCUT2D eigenvalue weighted by molar-refractivity contribution is 6.10. The minimum absolute atomic E-state index is 1.09. The molecular formula is C13H15N. The van der Waals surface area contributed by atoms with E-state index in [4.69, 9.17) is 0 Å². The highest BCUT2D eigenvalue weighted by Gasteiger charge is 1.95. The molecule has 0 N–H and O–H groups in total. The second kappa shape index (κ2) is 5.18. The summed E-state index contributed by atoms with van der Waals surface area (Å²) in [5, 5.41) is 0. The van der Waals surface area contributed by atoms with Crippen molar-refractivity contribution in [2.75, 3.05) is 7.05 Å². The lowest BCUT2D eigenvalue weighted by Crippen LogP contribution is -1.85. The highest BCUT2D eigenvalue weighted by atomic mass is 14.6. The third-order valence-corrected chi connectivity index (χ3v) is 1.95. The molecule has 0 fully saturated rings. The zero-order chi connectivity index (χ0) is 10.4. The Labute approximate surface area is 85.5 Å². The van der Waals surface area contributed by atoms with E-state index in [0.717, 1.165) is 5.57 Å². The lowest BCUT2D eigenvalue weighted by Gasteiger charge is -2.01. The zero-order valence-electron chi connectivity index (χ0n) is 8.70. The summed E-state index contributed by atoms with van der Waals surface area (Å²) in [5.74, 6) is 0. The summed E-state index contributed by atoms with van der Waals surface area (Å²) in [7, 11) is 1.77. The Morgan fingerprint density at radius 1 is 1.29 bits per heavy atom. The van der Waals surface area contributed by atoms with Gasteiger partial charge in [-0.2, -0.15) is 0 Å². The van der Waals surface area contributed by atoms with Crippen molar-refractivity contribution in [2.24, 2.45) is 4.99 Å². The average molecular weight is 185 g/mol. The maximum Gasteiger partial charge on any atom is 0.0287 e. The van der Waals surface area contributed by atoms with Gasteiger partial charge in [-0.15, -0.1) is 0 Å². The van der Waals surface area contributed by atoms with Gasteiger partial charge in [-0.25, -0.2) is 0 Å². The molecule has 0 bridgehead atoms. The molecule has 1 aromatic rings. The molecule has 0 saturated carbocycles. The molecule has 1 heteroatoms.